The van der Waals surface area contributed by atoms with Gasteiger partial charge in [-0.2, -0.15) is 0 Å². The molecule has 0 heterocycles. The Kier molecular flexibility index (Phi) is 7.92. The van der Waals surface area contributed by atoms with E-state index in [-0.39, 0.29) is 24.1 Å². The largest absolute Gasteiger partial charge is 0.463 e. The van der Waals surface area contributed by atoms with Crippen LogP contribution in [0.2, 0.25) is 0 Å². The Bertz CT molecular complexity index is 451. The number of esters is 2. The lowest BCUT2D eigenvalue weighted by Crippen LogP contribution is -2.46. The molecule has 27 heavy (non-hydrogen) atoms. The fourth-order valence-corrected chi connectivity index (χ4v) is 9.61. The molecule has 0 amide bonds. The first-order valence-corrected chi connectivity index (χ1v) is 12.5. The van der Waals surface area contributed by atoms with E-state index < -0.39 is 0 Å². The molecule has 0 aromatic carbocycles. The summed E-state index contributed by atoms with van der Waals surface area (Å²) < 4.78 is 11.0. The highest BCUT2D eigenvalue weighted by Crippen LogP contribution is 2.41. The first-order chi connectivity index (χ1) is 13.0. The van der Waals surface area contributed by atoms with Gasteiger partial charge in [-0.1, -0.05) is 6.42 Å². The highest BCUT2D eigenvalue weighted by atomic mass is 32.2. The molecule has 0 spiro atoms. The fourth-order valence-electron chi connectivity index (χ4n) is 5.47. The van der Waals surface area contributed by atoms with Gasteiger partial charge in [-0.05, 0) is 87.9 Å². The summed E-state index contributed by atoms with van der Waals surface area (Å²) >= 11 is 0. The van der Waals surface area contributed by atoms with Crippen LogP contribution in [0.1, 0.15) is 97.3 Å². The average Bonchev–Trinajstić information content (AvgIpc) is 2.65. The van der Waals surface area contributed by atoms with Crippen molar-refractivity contribution in [3.63, 3.8) is 0 Å². The molecule has 3 saturated carbocycles. The van der Waals surface area contributed by atoms with Crippen LogP contribution in [0.15, 0.2) is 0 Å². The molecule has 154 valence electrons. The molecule has 0 atom stereocenters. The van der Waals surface area contributed by atoms with Crippen LogP contribution in [0.4, 0.5) is 0 Å². The monoisotopic (exact) mass is 397 g/mol. The molecule has 3 aliphatic carbocycles. The molecular formula is C22H37O4S+. The average molecular weight is 398 g/mol. The van der Waals surface area contributed by atoms with Gasteiger partial charge in [0, 0.05) is 13.8 Å². The van der Waals surface area contributed by atoms with Gasteiger partial charge in [0.15, 0.2) is 0 Å². The van der Waals surface area contributed by atoms with Crippen LogP contribution in [0.25, 0.3) is 0 Å². The van der Waals surface area contributed by atoms with Crippen LogP contribution in [0, 0.1) is 0 Å². The van der Waals surface area contributed by atoms with E-state index in [9.17, 15) is 9.59 Å². The Morgan fingerprint density at radius 2 is 0.963 bits per heavy atom. The zero-order valence-corrected chi connectivity index (χ0v) is 17.9. The Morgan fingerprint density at radius 3 is 1.33 bits per heavy atom. The summed E-state index contributed by atoms with van der Waals surface area (Å²) in [4.78, 5) is 22.5. The molecule has 0 N–H and O–H groups in total. The van der Waals surface area contributed by atoms with E-state index in [1.165, 1.54) is 71.6 Å². The van der Waals surface area contributed by atoms with Gasteiger partial charge in [-0.3, -0.25) is 9.59 Å². The van der Waals surface area contributed by atoms with Crippen molar-refractivity contribution in [2.45, 2.75) is 125 Å². The van der Waals surface area contributed by atoms with Crippen LogP contribution in [0.3, 0.4) is 0 Å². The third-order valence-electron chi connectivity index (χ3n) is 6.61. The highest BCUT2D eigenvalue weighted by molar-refractivity contribution is 7.98. The SMILES string of the molecule is CC(=O)OC1CCC([S+](C2CCCCC2)C2CCC(OC(C)=O)CC2)CC1. The third-order valence-corrected chi connectivity index (χ3v) is 10.3. The fraction of sp³-hybridized carbons (Fsp3) is 0.909. The normalized spacial score (nSPS) is 33.9. The van der Waals surface area contributed by atoms with Gasteiger partial charge in [0.05, 0.1) is 0 Å². The minimum absolute atomic E-state index is 0.131. The number of carbonyl (C=O) groups excluding carboxylic acids is 2. The second-order valence-corrected chi connectivity index (χ2v) is 11.5. The van der Waals surface area contributed by atoms with Gasteiger partial charge in [0.25, 0.3) is 0 Å². The smallest absolute Gasteiger partial charge is 0.302 e. The molecule has 0 bridgehead atoms. The van der Waals surface area contributed by atoms with Gasteiger partial charge < -0.3 is 9.47 Å². The molecule has 4 nitrogen and oxygen atoms in total. The number of hydrogen-bond acceptors (Lipinski definition) is 4. The molecule has 3 aliphatic rings. The number of carbonyl (C=O) groups is 2. The number of hydrogen-bond donors (Lipinski definition) is 0. The molecule has 0 radical (unpaired) electrons. The molecule has 0 aromatic heterocycles. The molecule has 3 fully saturated rings. The van der Waals surface area contributed by atoms with Crippen LogP contribution in [-0.4, -0.2) is 39.9 Å². The first kappa shape index (κ1) is 21.0. The van der Waals surface area contributed by atoms with Crippen molar-refractivity contribution in [1.29, 1.82) is 0 Å². The standard InChI is InChI=1S/C22H37O4S/c1-16(23)25-18-8-12-21(13-9-18)27(20-6-4-3-5-7-20)22-14-10-19(11-15-22)26-17(2)24/h18-22H,3-15H2,1-2H3/q+1. The topological polar surface area (TPSA) is 52.6 Å². The van der Waals surface area contributed by atoms with E-state index in [2.05, 4.69) is 0 Å². The molecule has 5 heteroatoms. The summed E-state index contributed by atoms with van der Waals surface area (Å²) in [5, 5.41) is 2.54. The second-order valence-electron chi connectivity index (χ2n) is 8.68. The van der Waals surface area contributed by atoms with E-state index in [4.69, 9.17) is 9.47 Å². The van der Waals surface area contributed by atoms with Gasteiger partial charge in [0.2, 0.25) is 0 Å². The maximum Gasteiger partial charge on any atom is 0.302 e. The third kappa shape index (κ3) is 6.13. The minimum Gasteiger partial charge on any atom is -0.463 e. The van der Waals surface area contributed by atoms with E-state index >= 15 is 0 Å². The molecule has 0 aliphatic heterocycles. The van der Waals surface area contributed by atoms with Crippen molar-refractivity contribution in [2.24, 2.45) is 0 Å². The Balaban J connectivity index is 1.60. The maximum absolute atomic E-state index is 11.3. The lowest BCUT2D eigenvalue weighted by Gasteiger charge is -2.38. The van der Waals surface area contributed by atoms with Crippen LogP contribution >= 0.6 is 0 Å². The lowest BCUT2D eigenvalue weighted by molar-refractivity contribution is -0.148. The zero-order valence-electron chi connectivity index (χ0n) is 17.1. The van der Waals surface area contributed by atoms with Gasteiger partial charge in [-0.15, -0.1) is 0 Å². The summed E-state index contributed by atoms with van der Waals surface area (Å²) in [6, 6.07) is 0. The summed E-state index contributed by atoms with van der Waals surface area (Å²) in [6.07, 6.45) is 16.4. The lowest BCUT2D eigenvalue weighted by atomic mass is 9.96. The Labute approximate surface area is 167 Å². The van der Waals surface area contributed by atoms with Crippen molar-refractivity contribution in [3.05, 3.63) is 0 Å². The van der Waals surface area contributed by atoms with Crippen molar-refractivity contribution >= 4 is 22.8 Å². The van der Waals surface area contributed by atoms with Crippen molar-refractivity contribution in [3.8, 4) is 0 Å². The molecule has 0 aromatic rings. The summed E-state index contributed by atoms with van der Waals surface area (Å²) in [5.41, 5.74) is 0. The van der Waals surface area contributed by atoms with Crippen LogP contribution < -0.4 is 0 Å². The van der Waals surface area contributed by atoms with Gasteiger partial charge >= 0.3 is 11.9 Å². The van der Waals surface area contributed by atoms with E-state index in [0.717, 1.165) is 41.4 Å². The van der Waals surface area contributed by atoms with Crippen molar-refractivity contribution < 1.29 is 19.1 Å². The molecule has 0 unspecified atom stereocenters. The first-order valence-electron chi connectivity index (χ1n) is 11.1. The predicted octanol–water partition coefficient (Wildman–Crippen LogP) is 4.69. The molecular weight excluding hydrogens is 360 g/mol. The van der Waals surface area contributed by atoms with Crippen molar-refractivity contribution in [2.75, 3.05) is 0 Å². The van der Waals surface area contributed by atoms with Crippen LogP contribution in [-0.2, 0) is 30.0 Å². The predicted molar refractivity (Wildman–Crippen MR) is 110 cm³/mol. The Morgan fingerprint density at radius 1 is 0.593 bits per heavy atom. The maximum atomic E-state index is 11.3. The van der Waals surface area contributed by atoms with Gasteiger partial charge in [0.1, 0.15) is 28.0 Å². The zero-order chi connectivity index (χ0) is 19.2. The van der Waals surface area contributed by atoms with Gasteiger partial charge in [-0.25, -0.2) is 0 Å². The summed E-state index contributed by atoms with van der Waals surface area (Å²) in [6.45, 7) is 3.06. The quantitative estimate of drug-likeness (QED) is 0.499. The van der Waals surface area contributed by atoms with Crippen molar-refractivity contribution in [1.82, 2.24) is 0 Å². The van der Waals surface area contributed by atoms with E-state index in [1.54, 1.807) is 0 Å². The number of ether oxygens (including phenoxy) is 2. The highest BCUT2D eigenvalue weighted by Gasteiger charge is 2.47. The summed E-state index contributed by atoms with van der Waals surface area (Å²) in [7, 11) is 0.480. The Hall–Kier alpha value is -0.710. The summed E-state index contributed by atoms with van der Waals surface area (Å²) in [5.74, 6) is -0.262. The molecule has 3 rings (SSSR count). The minimum atomic E-state index is -0.131. The van der Waals surface area contributed by atoms with Crippen LogP contribution in [0.5, 0.6) is 0 Å². The molecule has 0 saturated heterocycles. The van der Waals surface area contributed by atoms with E-state index in [0.29, 0.717) is 10.9 Å². The second kappa shape index (κ2) is 10.2. The van der Waals surface area contributed by atoms with E-state index in [1.807, 2.05) is 0 Å². The number of rotatable bonds is 5.